The fourth-order valence-electron chi connectivity index (χ4n) is 2.32. The summed E-state index contributed by atoms with van der Waals surface area (Å²) in [6, 6.07) is 0. The zero-order chi connectivity index (χ0) is 14.6. The van der Waals surface area contributed by atoms with E-state index in [-0.39, 0.29) is 24.0 Å². The van der Waals surface area contributed by atoms with Gasteiger partial charge in [-0.2, -0.15) is 0 Å². The molecule has 1 rings (SSSR count). The van der Waals surface area contributed by atoms with Crippen LogP contribution in [-0.2, 0) is 14.3 Å². The first kappa shape index (κ1) is 16.0. The summed E-state index contributed by atoms with van der Waals surface area (Å²) in [7, 11) is 0. The molecule has 110 valence electrons. The highest BCUT2D eigenvalue weighted by atomic mass is 16.5. The monoisotopic (exact) mass is 271 g/mol. The second-order valence-corrected chi connectivity index (χ2v) is 6.56. The Balaban J connectivity index is 2.43. The Hall–Kier alpha value is -1.10. The molecule has 1 fully saturated rings. The molecule has 1 heterocycles. The number of amides is 1. The smallest absolute Gasteiger partial charge is 0.308 e. The molecular formula is C14H25NO4. The minimum atomic E-state index is -0.865. The number of carbonyl (C=O) groups is 2. The van der Waals surface area contributed by atoms with Crippen molar-refractivity contribution in [2.24, 2.45) is 11.3 Å². The number of ether oxygens (including phenoxy) is 1. The van der Waals surface area contributed by atoms with Crippen LogP contribution in [0, 0.1) is 11.3 Å². The number of carboxylic acid groups (broad SMARTS) is 1. The number of nitrogens with one attached hydrogen (secondary N) is 1. The number of carboxylic acids is 1. The van der Waals surface area contributed by atoms with Crippen molar-refractivity contribution in [1.82, 2.24) is 5.32 Å². The van der Waals surface area contributed by atoms with Gasteiger partial charge >= 0.3 is 5.97 Å². The number of hydrogen-bond donors (Lipinski definition) is 2. The molecule has 2 N–H and O–H groups in total. The molecular weight excluding hydrogens is 246 g/mol. The van der Waals surface area contributed by atoms with E-state index in [0.29, 0.717) is 12.8 Å². The Morgan fingerprint density at radius 2 is 2.00 bits per heavy atom. The molecule has 0 bridgehead atoms. The van der Waals surface area contributed by atoms with E-state index in [4.69, 9.17) is 4.74 Å². The van der Waals surface area contributed by atoms with Gasteiger partial charge in [0.25, 0.3) is 0 Å². The molecule has 1 aliphatic rings. The molecule has 0 saturated carbocycles. The summed E-state index contributed by atoms with van der Waals surface area (Å²) in [5.41, 5.74) is -0.0772. The van der Waals surface area contributed by atoms with Crippen LogP contribution < -0.4 is 5.32 Å². The molecule has 1 aliphatic heterocycles. The van der Waals surface area contributed by atoms with Gasteiger partial charge in [0.05, 0.1) is 12.0 Å². The van der Waals surface area contributed by atoms with Crippen LogP contribution in [0.4, 0.5) is 0 Å². The predicted molar refractivity (Wildman–Crippen MR) is 71.8 cm³/mol. The van der Waals surface area contributed by atoms with Gasteiger partial charge in [-0.05, 0) is 31.6 Å². The molecule has 19 heavy (non-hydrogen) atoms. The lowest BCUT2D eigenvalue weighted by Gasteiger charge is -2.23. The second kappa shape index (κ2) is 6.37. The van der Waals surface area contributed by atoms with E-state index in [2.05, 4.69) is 5.32 Å². The van der Waals surface area contributed by atoms with Crippen LogP contribution >= 0.6 is 0 Å². The largest absolute Gasteiger partial charge is 0.481 e. The van der Waals surface area contributed by atoms with E-state index in [1.807, 2.05) is 27.7 Å². The zero-order valence-corrected chi connectivity index (χ0v) is 12.2. The average molecular weight is 271 g/mol. The fourth-order valence-corrected chi connectivity index (χ4v) is 2.32. The van der Waals surface area contributed by atoms with E-state index < -0.39 is 18.0 Å². The highest BCUT2D eigenvalue weighted by molar-refractivity contribution is 5.81. The highest BCUT2D eigenvalue weighted by Gasteiger charge is 2.30. The molecule has 0 aromatic heterocycles. The van der Waals surface area contributed by atoms with Gasteiger partial charge < -0.3 is 15.2 Å². The first-order valence-electron chi connectivity index (χ1n) is 6.85. The van der Waals surface area contributed by atoms with Gasteiger partial charge in [0.2, 0.25) is 5.91 Å². The molecule has 0 aromatic carbocycles. The van der Waals surface area contributed by atoms with E-state index >= 15 is 0 Å². The van der Waals surface area contributed by atoms with Crippen LogP contribution in [-0.4, -0.2) is 35.7 Å². The van der Waals surface area contributed by atoms with Crippen molar-refractivity contribution in [1.29, 1.82) is 0 Å². The lowest BCUT2D eigenvalue weighted by Crippen LogP contribution is -2.40. The van der Waals surface area contributed by atoms with Gasteiger partial charge in [-0.25, -0.2) is 0 Å². The maximum Gasteiger partial charge on any atom is 0.308 e. The third-order valence-corrected chi connectivity index (χ3v) is 3.26. The molecule has 0 aromatic rings. The molecule has 1 saturated heterocycles. The SMILES string of the molecule is CC1CCC(C(=O)NCC(CC(C)(C)C)C(=O)O)O1. The summed E-state index contributed by atoms with van der Waals surface area (Å²) in [6.45, 7) is 8.08. The zero-order valence-electron chi connectivity index (χ0n) is 12.2. The molecule has 3 atom stereocenters. The Morgan fingerprint density at radius 3 is 2.42 bits per heavy atom. The number of carbonyl (C=O) groups excluding carboxylic acids is 1. The van der Waals surface area contributed by atoms with Crippen molar-refractivity contribution in [3.63, 3.8) is 0 Å². The Labute approximate surface area is 114 Å². The molecule has 0 spiro atoms. The summed E-state index contributed by atoms with van der Waals surface area (Å²) < 4.78 is 5.46. The van der Waals surface area contributed by atoms with Crippen molar-refractivity contribution in [3.8, 4) is 0 Å². The summed E-state index contributed by atoms with van der Waals surface area (Å²) in [4.78, 5) is 23.0. The van der Waals surface area contributed by atoms with Gasteiger partial charge in [-0.1, -0.05) is 20.8 Å². The van der Waals surface area contributed by atoms with Crippen molar-refractivity contribution < 1.29 is 19.4 Å². The quantitative estimate of drug-likeness (QED) is 0.799. The van der Waals surface area contributed by atoms with Gasteiger partial charge in [0, 0.05) is 6.54 Å². The first-order chi connectivity index (χ1) is 8.69. The van der Waals surface area contributed by atoms with Crippen LogP contribution in [0.1, 0.15) is 47.0 Å². The lowest BCUT2D eigenvalue weighted by atomic mass is 9.84. The van der Waals surface area contributed by atoms with Gasteiger partial charge in [-0.3, -0.25) is 9.59 Å². The van der Waals surface area contributed by atoms with E-state index in [1.54, 1.807) is 0 Å². The van der Waals surface area contributed by atoms with Crippen LogP contribution in [0.2, 0.25) is 0 Å². The molecule has 1 amide bonds. The molecule has 0 aliphatic carbocycles. The van der Waals surface area contributed by atoms with Crippen molar-refractivity contribution in [3.05, 3.63) is 0 Å². The van der Waals surface area contributed by atoms with Gasteiger partial charge in [-0.15, -0.1) is 0 Å². The maximum absolute atomic E-state index is 11.9. The summed E-state index contributed by atoms with van der Waals surface area (Å²) in [5.74, 6) is -1.61. The predicted octanol–water partition coefficient (Wildman–Crippen LogP) is 1.81. The minimum Gasteiger partial charge on any atom is -0.481 e. The lowest BCUT2D eigenvalue weighted by molar-refractivity contribution is -0.143. The fraction of sp³-hybridized carbons (Fsp3) is 0.857. The summed E-state index contributed by atoms with van der Waals surface area (Å²) in [5, 5.41) is 11.9. The van der Waals surface area contributed by atoms with Gasteiger partial charge in [0.15, 0.2) is 0 Å². The molecule has 0 radical (unpaired) electrons. The normalized spacial score (nSPS) is 25.1. The van der Waals surface area contributed by atoms with Crippen LogP contribution in [0.15, 0.2) is 0 Å². The molecule has 5 nitrogen and oxygen atoms in total. The summed E-state index contributed by atoms with van der Waals surface area (Å²) >= 11 is 0. The van der Waals surface area contributed by atoms with Crippen LogP contribution in [0.3, 0.4) is 0 Å². The van der Waals surface area contributed by atoms with Gasteiger partial charge in [0.1, 0.15) is 6.10 Å². The van der Waals surface area contributed by atoms with E-state index in [0.717, 1.165) is 6.42 Å². The third kappa shape index (κ3) is 5.59. The molecule has 3 unspecified atom stereocenters. The molecule has 5 heteroatoms. The number of rotatable bonds is 5. The van der Waals surface area contributed by atoms with Crippen molar-refractivity contribution in [2.75, 3.05) is 6.54 Å². The van der Waals surface area contributed by atoms with Crippen LogP contribution in [0.5, 0.6) is 0 Å². The Morgan fingerprint density at radius 1 is 1.37 bits per heavy atom. The standard InChI is InChI=1S/C14H25NO4/c1-9-5-6-11(19-9)12(16)15-8-10(13(17)18)7-14(2,3)4/h9-11H,5-8H2,1-4H3,(H,15,16)(H,17,18). The maximum atomic E-state index is 11.9. The van der Waals surface area contributed by atoms with Crippen LogP contribution in [0.25, 0.3) is 0 Å². The van der Waals surface area contributed by atoms with Crippen molar-refractivity contribution >= 4 is 11.9 Å². The first-order valence-corrected chi connectivity index (χ1v) is 6.85. The Bertz CT molecular complexity index is 335. The minimum absolute atomic E-state index is 0.0772. The topological polar surface area (TPSA) is 75.6 Å². The van der Waals surface area contributed by atoms with E-state index in [1.165, 1.54) is 0 Å². The number of aliphatic carboxylic acids is 1. The average Bonchev–Trinajstić information content (AvgIpc) is 2.68. The summed E-state index contributed by atoms with van der Waals surface area (Å²) in [6.07, 6.45) is 1.82. The third-order valence-electron chi connectivity index (χ3n) is 3.26. The number of hydrogen-bond acceptors (Lipinski definition) is 3. The Kier molecular flexibility index (Phi) is 5.35. The van der Waals surface area contributed by atoms with Crippen molar-refractivity contribution in [2.45, 2.75) is 59.2 Å². The second-order valence-electron chi connectivity index (χ2n) is 6.56. The van der Waals surface area contributed by atoms with E-state index in [9.17, 15) is 14.7 Å². The highest BCUT2D eigenvalue weighted by Crippen LogP contribution is 2.24.